The number of amides is 1. The zero-order valence-electron chi connectivity index (χ0n) is 12.4. The summed E-state index contributed by atoms with van der Waals surface area (Å²) < 4.78 is 14.0. The molecule has 1 aromatic carbocycles. The average molecular weight is 310 g/mol. The highest BCUT2D eigenvalue weighted by Gasteiger charge is 2.14. The van der Waals surface area contributed by atoms with Crippen molar-refractivity contribution in [2.75, 3.05) is 19.7 Å². The molecule has 3 N–H and O–H groups in total. The molecule has 0 aliphatic rings. The molecule has 0 bridgehead atoms. The molecule has 116 valence electrons. The number of rotatable bonds is 8. The van der Waals surface area contributed by atoms with E-state index in [1.54, 1.807) is 34.6 Å². The largest absolute Gasteiger partial charge is 0.395 e. The fourth-order valence-electron chi connectivity index (χ4n) is 1.93. The Kier molecular flexibility index (Phi) is 7.28. The number of carbonyl (C=O) groups is 1. The van der Waals surface area contributed by atoms with Gasteiger partial charge in [-0.2, -0.15) is 0 Å². The molecule has 1 aromatic rings. The van der Waals surface area contributed by atoms with E-state index < -0.39 is 16.9 Å². The number of aliphatic hydroxyl groups is 1. The Hall–Kier alpha value is -1.50. The van der Waals surface area contributed by atoms with E-state index in [0.29, 0.717) is 30.0 Å². The van der Waals surface area contributed by atoms with Crippen LogP contribution in [0, 0.1) is 0 Å². The summed E-state index contributed by atoms with van der Waals surface area (Å²) in [7, 11) is -1.32. The van der Waals surface area contributed by atoms with Crippen LogP contribution in [-0.4, -0.2) is 39.2 Å². The van der Waals surface area contributed by atoms with Gasteiger partial charge in [0.05, 0.1) is 11.5 Å². The van der Waals surface area contributed by atoms with Crippen LogP contribution < -0.4 is 5.73 Å². The normalized spacial score (nSPS) is 13.4. The van der Waals surface area contributed by atoms with Gasteiger partial charge >= 0.3 is 0 Å². The number of nitrogens with two attached hydrogens (primary N) is 1. The van der Waals surface area contributed by atoms with Crippen molar-refractivity contribution in [2.45, 2.75) is 25.2 Å². The zero-order valence-corrected chi connectivity index (χ0v) is 13.2. The fourth-order valence-corrected chi connectivity index (χ4v) is 3.08. The highest BCUT2D eigenvalue weighted by molar-refractivity contribution is 7.82. The monoisotopic (exact) mass is 310 g/mol. The van der Waals surface area contributed by atoms with E-state index in [0.717, 1.165) is 5.56 Å². The Labute approximate surface area is 128 Å². The van der Waals surface area contributed by atoms with E-state index in [1.165, 1.54) is 0 Å². The van der Waals surface area contributed by atoms with Gasteiger partial charge in [-0.25, -0.2) is 8.51 Å². The maximum atomic E-state index is 12.3. The van der Waals surface area contributed by atoms with Gasteiger partial charge in [-0.1, -0.05) is 32.1 Å². The summed E-state index contributed by atoms with van der Waals surface area (Å²) >= 11 is 0. The van der Waals surface area contributed by atoms with Crippen molar-refractivity contribution in [3.8, 4) is 0 Å². The van der Waals surface area contributed by atoms with Crippen LogP contribution in [0.2, 0.25) is 0 Å². The lowest BCUT2D eigenvalue weighted by molar-refractivity contribution is -0.112. The summed E-state index contributed by atoms with van der Waals surface area (Å²) in [6.07, 6.45) is 2.49. The Balaban J connectivity index is 2.99. The molecule has 0 aromatic heterocycles. The second-order valence-corrected chi connectivity index (χ2v) is 5.90. The van der Waals surface area contributed by atoms with Crippen LogP contribution in [0.3, 0.4) is 0 Å². The van der Waals surface area contributed by atoms with E-state index in [-0.39, 0.29) is 6.61 Å². The Morgan fingerprint density at radius 1 is 1.33 bits per heavy atom. The molecule has 1 unspecified atom stereocenters. The van der Waals surface area contributed by atoms with Crippen LogP contribution in [0.15, 0.2) is 35.2 Å². The summed E-state index contributed by atoms with van der Waals surface area (Å²) in [4.78, 5) is 12.0. The summed E-state index contributed by atoms with van der Waals surface area (Å²) in [5.74, 6) is -0.471. The molecule has 0 fully saturated rings. The van der Waals surface area contributed by atoms with Gasteiger partial charge in [-0.05, 0) is 24.1 Å². The molecule has 0 aliphatic heterocycles. The predicted molar refractivity (Wildman–Crippen MR) is 84.6 cm³/mol. The van der Waals surface area contributed by atoms with E-state index in [2.05, 4.69) is 0 Å². The van der Waals surface area contributed by atoms with Crippen molar-refractivity contribution < 1.29 is 14.1 Å². The first-order valence-electron chi connectivity index (χ1n) is 6.93. The minimum atomic E-state index is -1.32. The van der Waals surface area contributed by atoms with Crippen LogP contribution in [0.4, 0.5) is 0 Å². The lowest BCUT2D eigenvalue weighted by Crippen LogP contribution is -2.28. The molecule has 6 heteroatoms. The standard InChI is InChI=1S/C15H22N2O3S/c1-3-5-14(15(16)19)12-6-8-13(9-7-12)21(20)17(4-2)10-11-18/h5-9,18H,3-4,10-11H2,1-2H3,(H2,16,19)/b14-5-. The molecule has 0 radical (unpaired) electrons. The Morgan fingerprint density at radius 3 is 2.38 bits per heavy atom. The first kappa shape index (κ1) is 17.6. The highest BCUT2D eigenvalue weighted by atomic mass is 32.2. The molecular weight excluding hydrogens is 288 g/mol. The minimum Gasteiger partial charge on any atom is -0.395 e. The lowest BCUT2D eigenvalue weighted by atomic mass is 10.0. The number of carbonyl (C=O) groups excluding carboxylic acids is 1. The van der Waals surface area contributed by atoms with Crippen molar-refractivity contribution >= 4 is 22.5 Å². The Bertz CT molecular complexity index is 526. The molecule has 1 amide bonds. The quantitative estimate of drug-likeness (QED) is 0.710. The number of hydrogen-bond acceptors (Lipinski definition) is 3. The van der Waals surface area contributed by atoms with Gasteiger partial charge in [0.2, 0.25) is 5.91 Å². The van der Waals surface area contributed by atoms with Gasteiger partial charge in [-0.3, -0.25) is 4.79 Å². The van der Waals surface area contributed by atoms with Gasteiger partial charge in [0.25, 0.3) is 0 Å². The van der Waals surface area contributed by atoms with Crippen molar-refractivity contribution in [1.29, 1.82) is 0 Å². The third kappa shape index (κ3) is 4.77. The molecule has 0 saturated heterocycles. The number of aliphatic hydroxyl groups excluding tert-OH is 1. The molecule has 0 aliphatic carbocycles. The predicted octanol–water partition coefficient (Wildman–Crippen LogP) is 1.30. The summed E-state index contributed by atoms with van der Waals surface area (Å²) in [6.45, 7) is 4.71. The van der Waals surface area contributed by atoms with Crippen molar-refractivity contribution in [2.24, 2.45) is 5.73 Å². The van der Waals surface area contributed by atoms with Crippen LogP contribution in [-0.2, 0) is 15.8 Å². The topological polar surface area (TPSA) is 83.6 Å². The molecule has 0 saturated carbocycles. The summed E-state index contributed by atoms with van der Waals surface area (Å²) in [5.41, 5.74) is 6.55. The minimum absolute atomic E-state index is 0.0390. The molecular formula is C15H22N2O3S. The van der Waals surface area contributed by atoms with Gasteiger partial charge in [0.15, 0.2) is 0 Å². The van der Waals surface area contributed by atoms with Crippen LogP contribution >= 0.6 is 0 Å². The molecule has 0 spiro atoms. The van der Waals surface area contributed by atoms with Crippen LogP contribution in [0.25, 0.3) is 5.57 Å². The molecule has 0 heterocycles. The van der Waals surface area contributed by atoms with Crippen LogP contribution in [0.1, 0.15) is 25.8 Å². The van der Waals surface area contributed by atoms with Crippen molar-refractivity contribution in [3.63, 3.8) is 0 Å². The molecule has 1 atom stereocenters. The maximum Gasteiger partial charge on any atom is 0.248 e. The van der Waals surface area contributed by atoms with Gasteiger partial charge in [-0.15, -0.1) is 0 Å². The molecule has 5 nitrogen and oxygen atoms in total. The van der Waals surface area contributed by atoms with Crippen molar-refractivity contribution in [1.82, 2.24) is 4.31 Å². The average Bonchev–Trinajstić information content (AvgIpc) is 2.49. The van der Waals surface area contributed by atoms with Gasteiger partial charge in [0.1, 0.15) is 11.0 Å². The third-order valence-corrected chi connectivity index (χ3v) is 4.56. The number of allylic oxidation sites excluding steroid dienone is 1. The number of nitrogens with zero attached hydrogens (tertiary/aromatic N) is 1. The Morgan fingerprint density at radius 2 is 1.95 bits per heavy atom. The fraction of sp³-hybridized carbons (Fsp3) is 0.400. The van der Waals surface area contributed by atoms with E-state index in [4.69, 9.17) is 10.8 Å². The highest BCUT2D eigenvalue weighted by Crippen LogP contribution is 2.18. The first-order valence-corrected chi connectivity index (χ1v) is 8.03. The second-order valence-electron chi connectivity index (χ2n) is 4.41. The SMILES string of the molecule is CC/C=C(\C(N)=O)c1ccc(S(=O)N(CC)CCO)cc1. The van der Waals surface area contributed by atoms with Gasteiger partial charge < -0.3 is 10.8 Å². The van der Waals surface area contributed by atoms with E-state index >= 15 is 0 Å². The number of hydrogen-bond donors (Lipinski definition) is 2. The number of primary amides is 1. The molecule has 1 rings (SSSR count). The maximum absolute atomic E-state index is 12.3. The van der Waals surface area contributed by atoms with E-state index in [9.17, 15) is 9.00 Å². The van der Waals surface area contributed by atoms with E-state index in [1.807, 2.05) is 13.8 Å². The van der Waals surface area contributed by atoms with Crippen LogP contribution in [0.5, 0.6) is 0 Å². The van der Waals surface area contributed by atoms with Gasteiger partial charge in [0, 0.05) is 18.7 Å². The third-order valence-electron chi connectivity index (χ3n) is 2.98. The molecule has 21 heavy (non-hydrogen) atoms. The second kappa shape index (κ2) is 8.71. The lowest BCUT2D eigenvalue weighted by Gasteiger charge is -2.18. The summed E-state index contributed by atoms with van der Waals surface area (Å²) in [6, 6.07) is 6.92. The van der Waals surface area contributed by atoms with Crippen molar-refractivity contribution in [3.05, 3.63) is 35.9 Å². The smallest absolute Gasteiger partial charge is 0.248 e. The first-order chi connectivity index (χ1) is 10.0. The summed E-state index contributed by atoms with van der Waals surface area (Å²) in [5, 5.41) is 8.97. The zero-order chi connectivity index (χ0) is 15.8. The number of likely N-dealkylation sites (N-methyl/N-ethyl adjacent to an activating group) is 1. The number of benzene rings is 1.